The van der Waals surface area contributed by atoms with Crippen LogP contribution in [0.15, 0.2) is 54.9 Å². The van der Waals surface area contributed by atoms with Crippen molar-refractivity contribution in [3.05, 3.63) is 58.4 Å². The van der Waals surface area contributed by atoms with Crippen LogP contribution in [0.25, 0.3) is 10.9 Å². The molecule has 1 amide bonds. The number of hydrogen-bond donors (Lipinski definition) is 2. The highest BCUT2D eigenvalue weighted by Crippen LogP contribution is 2.33. The Kier molecular flexibility index (Phi) is 9.40. The van der Waals surface area contributed by atoms with Gasteiger partial charge in [0.2, 0.25) is 5.91 Å². The predicted octanol–water partition coefficient (Wildman–Crippen LogP) is 4.45. The average molecular weight is 561 g/mol. The second-order valence-electron chi connectivity index (χ2n) is 7.42. The first kappa shape index (κ1) is 24.9. The molecule has 2 aromatic carbocycles. The van der Waals surface area contributed by atoms with Crippen LogP contribution in [0, 0.1) is 3.57 Å². The van der Waals surface area contributed by atoms with Crippen molar-refractivity contribution in [2.45, 2.75) is 6.92 Å². The van der Waals surface area contributed by atoms with Crippen LogP contribution < -0.4 is 15.4 Å². The molecule has 1 aromatic heterocycles. The van der Waals surface area contributed by atoms with Gasteiger partial charge in [-0.15, -0.1) is 0 Å². The zero-order valence-electron chi connectivity index (χ0n) is 19.0. The molecule has 0 aliphatic rings. The molecule has 0 fully saturated rings. The third kappa shape index (κ3) is 7.65. The standard InChI is InChI=1S/C24H28IN5O3/c1-4-32-11-12-33-22-15-20-19(14-21(22)29-23(31)9-6-10-30(2)3)24(27-16-26-20)28-18-8-5-7-17(25)13-18/h5-9,13-16H,4,10-12H2,1-3H3,(H,29,31)(H,26,27,28). The Morgan fingerprint density at radius 3 is 2.79 bits per heavy atom. The number of carbonyl (C=O) groups excluding carboxylic acids is 1. The summed E-state index contributed by atoms with van der Waals surface area (Å²) in [5.41, 5.74) is 2.15. The topological polar surface area (TPSA) is 88.6 Å². The maximum Gasteiger partial charge on any atom is 0.248 e. The number of rotatable bonds is 11. The van der Waals surface area contributed by atoms with Gasteiger partial charge in [-0.1, -0.05) is 12.1 Å². The maximum atomic E-state index is 12.5. The molecule has 33 heavy (non-hydrogen) atoms. The van der Waals surface area contributed by atoms with Gasteiger partial charge in [-0.2, -0.15) is 0 Å². The molecule has 8 nitrogen and oxygen atoms in total. The Labute approximate surface area is 207 Å². The van der Waals surface area contributed by atoms with Crippen molar-refractivity contribution >= 4 is 56.6 Å². The van der Waals surface area contributed by atoms with Gasteiger partial charge in [0.15, 0.2) is 0 Å². The molecule has 174 valence electrons. The number of likely N-dealkylation sites (N-methyl/N-ethyl adjacent to an activating group) is 1. The number of hydrogen-bond acceptors (Lipinski definition) is 7. The van der Waals surface area contributed by atoms with Gasteiger partial charge in [0.1, 0.15) is 24.5 Å². The second kappa shape index (κ2) is 12.5. The van der Waals surface area contributed by atoms with Crippen LogP contribution in [0.5, 0.6) is 5.75 Å². The summed E-state index contributed by atoms with van der Waals surface area (Å²) in [7, 11) is 3.89. The maximum absolute atomic E-state index is 12.5. The number of nitrogens with one attached hydrogen (secondary N) is 2. The van der Waals surface area contributed by atoms with Crippen molar-refractivity contribution in [3.63, 3.8) is 0 Å². The first-order chi connectivity index (χ1) is 16.0. The van der Waals surface area contributed by atoms with E-state index in [0.29, 0.717) is 49.1 Å². The minimum atomic E-state index is -0.241. The van der Waals surface area contributed by atoms with Gasteiger partial charge < -0.3 is 25.0 Å². The van der Waals surface area contributed by atoms with Gasteiger partial charge in [0.05, 0.1) is 17.8 Å². The number of aromatic nitrogens is 2. The number of amides is 1. The third-order valence-corrected chi connectivity index (χ3v) is 5.18. The number of benzene rings is 2. The minimum Gasteiger partial charge on any atom is -0.489 e. The number of fused-ring (bicyclic) bond motifs is 1. The Hall–Kier alpha value is -2.76. The highest BCUT2D eigenvalue weighted by molar-refractivity contribution is 14.1. The van der Waals surface area contributed by atoms with Crippen LogP contribution in [-0.4, -0.2) is 61.2 Å². The monoisotopic (exact) mass is 561 g/mol. The number of ether oxygens (including phenoxy) is 2. The highest BCUT2D eigenvalue weighted by atomic mass is 127. The molecule has 0 aliphatic heterocycles. The molecule has 0 saturated carbocycles. The van der Waals surface area contributed by atoms with E-state index >= 15 is 0 Å². The Balaban J connectivity index is 1.93. The van der Waals surface area contributed by atoms with Crippen molar-refractivity contribution < 1.29 is 14.3 Å². The number of halogens is 1. The SMILES string of the molecule is CCOCCOc1cc2ncnc(Nc3cccc(I)c3)c2cc1NC(=O)C=CCN(C)C. The fraction of sp³-hybridized carbons (Fsp3) is 0.292. The average Bonchev–Trinajstić information content (AvgIpc) is 2.77. The number of nitrogens with zero attached hydrogens (tertiary/aromatic N) is 3. The van der Waals surface area contributed by atoms with E-state index in [-0.39, 0.29) is 5.91 Å². The summed E-state index contributed by atoms with van der Waals surface area (Å²) in [5, 5.41) is 7.03. The van der Waals surface area contributed by atoms with E-state index < -0.39 is 0 Å². The molecule has 0 aliphatic carbocycles. The van der Waals surface area contributed by atoms with Crippen LogP contribution in [0.2, 0.25) is 0 Å². The Morgan fingerprint density at radius 1 is 1.18 bits per heavy atom. The molecule has 9 heteroatoms. The molecular weight excluding hydrogens is 533 g/mol. The van der Waals surface area contributed by atoms with Crippen LogP contribution in [0.4, 0.5) is 17.2 Å². The van der Waals surface area contributed by atoms with Gasteiger partial charge in [-0.3, -0.25) is 4.79 Å². The van der Waals surface area contributed by atoms with Gasteiger partial charge in [-0.25, -0.2) is 9.97 Å². The summed E-state index contributed by atoms with van der Waals surface area (Å²) in [6.07, 6.45) is 4.82. The van der Waals surface area contributed by atoms with Gasteiger partial charge >= 0.3 is 0 Å². The summed E-state index contributed by atoms with van der Waals surface area (Å²) >= 11 is 2.27. The molecule has 0 spiro atoms. The van der Waals surface area contributed by atoms with Crippen molar-refractivity contribution in [2.75, 3.05) is 51.1 Å². The van der Waals surface area contributed by atoms with E-state index in [9.17, 15) is 4.79 Å². The van der Waals surface area contributed by atoms with Gasteiger partial charge in [0.25, 0.3) is 0 Å². The molecule has 0 atom stereocenters. The zero-order chi connectivity index (χ0) is 23.6. The molecule has 0 unspecified atom stereocenters. The van der Waals surface area contributed by atoms with Crippen molar-refractivity contribution in [2.24, 2.45) is 0 Å². The quantitative estimate of drug-likeness (QED) is 0.203. The normalized spacial score (nSPS) is 11.3. The molecule has 3 rings (SSSR count). The minimum absolute atomic E-state index is 0.241. The third-order valence-electron chi connectivity index (χ3n) is 4.51. The van der Waals surface area contributed by atoms with E-state index in [0.717, 1.165) is 14.6 Å². The van der Waals surface area contributed by atoms with Crippen molar-refractivity contribution in [1.29, 1.82) is 0 Å². The molecule has 0 saturated heterocycles. The van der Waals surface area contributed by atoms with Crippen LogP contribution >= 0.6 is 22.6 Å². The van der Waals surface area contributed by atoms with Crippen molar-refractivity contribution in [3.8, 4) is 5.75 Å². The Morgan fingerprint density at radius 2 is 2.03 bits per heavy atom. The second-order valence-corrected chi connectivity index (χ2v) is 8.67. The molecule has 3 aromatic rings. The smallest absolute Gasteiger partial charge is 0.248 e. The fourth-order valence-electron chi connectivity index (χ4n) is 3.00. The molecule has 0 bridgehead atoms. The Bertz CT molecular complexity index is 1120. The van der Waals surface area contributed by atoms with Crippen LogP contribution in [0.1, 0.15) is 6.92 Å². The lowest BCUT2D eigenvalue weighted by Crippen LogP contribution is -2.14. The fourth-order valence-corrected chi connectivity index (χ4v) is 3.55. The van der Waals surface area contributed by atoms with Crippen molar-refractivity contribution in [1.82, 2.24) is 14.9 Å². The zero-order valence-corrected chi connectivity index (χ0v) is 21.1. The summed E-state index contributed by atoms with van der Waals surface area (Å²) < 4.78 is 12.4. The summed E-state index contributed by atoms with van der Waals surface area (Å²) in [5.74, 6) is 0.923. The molecule has 2 N–H and O–H groups in total. The van der Waals surface area contributed by atoms with Crippen LogP contribution in [0.3, 0.4) is 0 Å². The lowest BCUT2D eigenvalue weighted by atomic mass is 10.1. The van der Waals surface area contributed by atoms with E-state index in [1.54, 1.807) is 6.08 Å². The number of carbonyl (C=O) groups is 1. The van der Waals surface area contributed by atoms with Gasteiger partial charge in [-0.05, 0) is 67.9 Å². The van der Waals surface area contributed by atoms with E-state index in [1.165, 1.54) is 12.4 Å². The first-order valence-corrected chi connectivity index (χ1v) is 11.7. The largest absolute Gasteiger partial charge is 0.489 e. The van der Waals surface area contributed by atoms with E-state index in [1.807, 2.05) is 62.3 Å². The van der Waals surface area contributed by atoms with E-state index in [4.69, 9.17) is 9.47 Å². The van der Waals surface area contributed by atoms with E-state index in [2.05, 4.69) is 43.2 Å². The van der Waals surface area contributed by atoms with Gasteiger partial charge in [0, 0.05) is 39.9 Å². The summed E-state index contributed by atoms with van der Waals surface area (Å²) in [4.78, 5) is 23.3. The molecular formula is C24H28IN5O3. The highest BCUT2D eigenvalue weighted by Gasteiger charge is 2.13. The lowest BCUT2D eigenvalue weighted by molar-refractivity contribution is -0.111. The molecule has 0 radical (unpaired) electrons. The summed E-state index contributed by atoms with van der Waals surface area (Å²) in [6, 6.07) is 11.6. The predicted molar refractivity (Wildman–Crippen MR) is 140 cm³/mol. The lowest BCUT2D eigenvalue weighted by Gasteiger charge is -2.15. The first-order valence-electron chi connectivity index (χ1n) is 10.6. The van der Waals surface area contributed by atoms with Crippen LogP contribution in [-0.2, 0) is 9.53 Å². The summed E-state index contributed by atoms with van der Waals surface area (Å²) in [6.45, 7) is 4.02. The number of anilines is 3. The molecule has 1 heterocycles.